The van der Waals surface area contributed by atoms with Gasteiger partial charge in [0.15, 0.2) is 11.5 Å². The van der Waals surface area contributed by atoms with E-state index < -0.39 is 5.54 Å². The summed E-state index contributed by atoms with van der Waals surface area (Å²) in [6.45, 7) is 5.65. The van der Waals surface area contributed by atoms with Crippen molar-refractivity contribution in [2.24, 2.45) is 5.73 Å². The predicted octanol–water partition coefficient (Wildman–Crippen LogP) is 2.64. The van der Waals surface area contributed by atoms with Crippen LogP contribution in [-0.4, -0.2) is 17.8 Å². The fourth-order valence-corrected chi connectivity index (χ4v) is 1.80. The minimum atomic E-state index is -0.431. The molecule has 0 fully saturated rings. The standard InChI is InChI=1S/C12H18ClNO2/c1-7-5-9(16-4)11(15)8(10(7)13)6-12(2,3)14/h5,15H,6,14H2,1-4H3. The molecule has 0 radical (unpaired) electrons. The Morgan fingerprint density at radius 2 is 2.06 bits per heavy atom. The zero-order chi connectivity index (χ0) is 12.5. The molecule has 1 aromatic rings. The van der Waals surface area contributed by atoms with Gasteiger partial charge in [-0.2, -0.15) is 0 Å². The maximum atomic E-state index is 9.99. The summed E-state index contributed by atoms with van der Waals surface area (Å²) in [6, 6.07) is 1.71. The Kier molecular flexibility index (Phi) is 3.71. The fourth-order valence-electron chi connectivity index (χ4n) is 1.59. The molecule has 3 nitrogen and oxygen atoms in total. The van der Waals surface area contributed by atoms with Crippen molar-refractivity contribution in [1.82, 2.24) is 0 Å². The van der Waals surface area contributed by atoms with E-state index in [1.807, 2.05) is 20.8 Å². The number of phenolic OH excluding ortho intramolecular Hbond substituents is 1. The second kappa shape index (κ2) is 4.52. The molecule has 4 heteroatoms. The molecule has 0 unspecified atom stereocenters. The third-order valence-corrected chi connectivity index (χ3v) is 2.86. The maximum absolute atomic E-state index is 9.99. The molecule has 0 heterocycles. The quantitative estimate of drug-likeness (QED) is 0.858. The summed E-state index contributed by atoms with van der Waals surface area (Å²) in [5, 5.41) is 10.5. The number of halogens is 1. The third-order valence-electron chi connectivity index (χ3n) is 2.33. The second-order valence-electron chi connectivity index (χ2n) is 4.70. The van der Waals surface area contributed by atoms with Crippen LogP contribution in [0, 0.1) is 6.92 Å². The highest BCUT2D eigenvalue weighted by molar-refractivity contribution is 6.32. The van der Waals surface area contributed by atoms with E-state index in [9.17, 15) is 5.11 Å². The van der Waals surface area contributed by atoms with E-state index >= 15 is 0 Å². The van der Waals surface area contributed by atoms with Crippen LogP contribution in [0.1, 0.15) is 25.0 Å². The largest absolute Gasteiger partial charge is 0.504 e. The van der Waals surface area contributed by atoms with Gasteiger partial charge in [0.1, 0.15) is 0 Å². The van der Waals surface area contributed by atoms with Crippen LogP contribution in [0.3, 0.4) is 0 Å². The molecule has 0 amide bonds. The normalized spacial score (nSPS) is 11.6. The molecule has 0 saturated carbocycles. The molecule has 90 valence electrons. The Labute approximate surface area is 101 Å². The van der Waals surface area contributed by atoms with Gasteiger partial charge in [-0.1, -0.05) is 11.6 Å². The van der Waals surface area contributed by atoms with E-state index in [0.29, 0.717) is 22.8 Å². The Hall–Kier alpha value is -0.930. The van der Waals surface area contributed by atoms with Gasteiger partial charge in [-0.3, -0.25) is 0 Å². The Balaban J connectivity index is 3.30. The van der Waals surface area contributed by atoms with Crippen molar-refractivity contribution in [3.05, 3.63) is 22.2 Å². The summed E-state index contributed by atoms with van der Waals surface area (Å²) in [6.07, 6.45) is 0.496. The molecule has 0 aliphatic carbocycles. The summed E-state index contributed by atoms with van der Waals surface area (Å²) in [7, 11) is 1.51. The van der Waals surface area contributed by atoms with Gasteiger partial charge in [-0.15, -0.1) is 0 Å². The highest BCUT2D eigenvalue weighted by Gasteiger charge is 2.21. The van der Waals surface area contributed by atoms with Crippen LogP contribution in [0.25, 0.3) is 0 Å². The van der Waals surface area contributed by atoms with Crippen LogP contribution < -0.4 is 10.5 Å². The van der Waals surface area contributed by atoms with Crippen LogP contribution in [0.2, 0.25) is 5.02 Å². The first-order valence-corrected chi connectivity index (χ1v) is 5.48. The number of nitrogens with two attached hydrogens (primary N) is 1. The molecule has 0 saturated heterocycles. The highest BCUT2D eigenvalue weighted by Crippen LogP contribution is 2.38. The zero-order valence-electron chi connectivity index (χ0n) is 10.1. The smallest absolute Gasteiger partial charge is 0.162 e. The van der Waals surface area contributed by atoms with E-state index in [4.69, 9.17) is 22.1 Å². The number of benzene rings is 1. The molecular formula is C12H18ClNO2. The molecular weight excluding hydrogens is 226 g/mol. The molecule has 0 spiro atoms. The molecule has 0 atom stereocenters. The van der Waals surface area contributed by atoms with E-state index in [2.05, 4.69) is 0 Å². The minimum absolute atomic E-state index is 0.0802. The van der Waals surface area contributed by atoms with Gasteiger partial charge in [0.25, 0.3) is 0 Å². The van der Waals surface area contributed by atoms with Crippen molar-refractivity contribution < 1.29 is 9.84 Å². The summed E-state index contributed by atoms with van der Waals surface area (Å²) in [4.78, 5) is 0. The lowest BCUT2D eigenvalue weighted by Crippen LogP contribution is -2.34. The van der Waals surface area contributed by atoms with E-state index in [1.54, 1.807) is 6.07 Å². The number of aromatic hydroxyl groups is 1. The lowest BCUT2D eigenvalue weighted by Gasteiger charge is -2.21. The van der Waals surface area contributed by atoms with Crippen molar-refractivity contribution in [2.75, 3.05) is 7.11 Å². The number of rotatable bonds is 3. The van der Waals surface area contributed by atoms with Crippen LogP contribution in [0.4, 0.5) is 0 Å². The van der Waals surface area contributed by atoms with E-state index in [1.165, 1.54) is 7.11 Å². The van der Waals surface area contributed by atoms with Gasteiger partial charge in [-0.05, 0) is 38.8 Å². The van der Waals surface area contributed by atoms with Crippen LogP contribution in [0.5, 0.6) is 11.5 Å². The Morgan fingerprint density at radius 1 is 1.50 bits per heavy atom. The molecule has 3 N–H and O–H groups in total. The van der Waals surface area contributed by atoms with Crippen molar-refractivity contribution in [2.45, 2.75) is 32.7 Å². The summed E-state index contributed by atoms with van der Waals surface area (Å²) >= 11 is 6.16. The zero-order valence-corrected chi connectivity index (χ0v) is 10.9. The first kappa shape index (κ1) is 13.1. The minimum Gasteiger partial charge on any atom is -0.504 e. The average Bonchev–Trinajstić information content (AvgIpc) is 2.17. The van der Waals surface area contributed by atoms with Gasteiger partial charge in [0.2, 0.25) is 0 Å². The lowest BCUT2D eigenvalue weighted by atomic mass is 9.94. The number of hydrogen-bond acceptors (Lipinski definition) is 3. The molecule has 0 aromatic heterocycles. The number of phenols is 1. The summed E-state index contributed by atoms with van der Waals surface area (Å²) in [5.74, 6) is 0.512. The molecule has 1 rings (SSSR count). The molecule has 0 bridgehead atoms. The molecule has 0 aliphatic heterocycles. The van der Waals surface area contributed by atoms with Crippen molar-refractivity contribution >= 4 is 11.6 Å². The predicted molar refractivity (Wildman–Crippen MR) is 66.4 cm³/mol. The van der Waals surface area contributed by atoms with E-state index in [-0.39, 0.29) is 5.75 Å². The Morgan fingerprint density at radius 3 is 2.50 bits per heavy atom. The van der Waals surface area contributed by atoms with Crippen LogP contribution >= 0.6 is 11.6 Å². The van der Waals surface area contributed by atoms with Gasteiger partial charge in [-0.25, -0.2) is 0 Å². The SMILES string of the molecule is COc1cc(C)c(Cl)c(CC(C)(C)N)c1O. The molecule has 0 aliphatic rings. The van der Waals surface area contributed by atoms with E-state index in [0.717, 1.165) is 5.56 Å². The van der Waals surface area contributed by atoms with Crippen molar-refractivity contribution in [1.29, 1.82) is 0 Å². The second-order valence-corrected chi connectivity index (χ2v) is 5.08. The first-order chi connectivity index (χ1) is 7.26. The van der Waals surface area contributed by atoms with Crippen LogP contribution in [0.15, 0.2) is 6.07 Å². The van der Waals surface area contributed by atoms with Crippen LogP contribution in [-0.2, 0) is 6.42 Å². The van der Waals surface area contributed by atoms with Gasteiger partial charge < -0.3 is 15.6 Å². The number of ether oxygens (including phenoxy) is 1. The fraction of sp³-hybridized carbons (Fsp3) is 0.500. The van der Waals surface area contributed by atoms with Gasteiger partial charge in [0, 0.05) is 11.1 Å². The average molecular weight is 244 g/mol. The first-order valence-electron chi connectivity index (χ1n) is 5.10. The summed E-state index contributed by atoms with van der Waals surface area (Å²) in [5.41, 5.74) is 7.02. The highest BCUT2D eigenvalue weighted by atomic mass is 35.5. The molecule has 16 heavy (non-hydrogen) atoms. The number of hydrogen-bond donors (Lipinski definition) is 2. The molecule has 1 aromatic carbocycles. The lowest BCUT2D eigenvalue weighted by molar-refractivity contribution is 0.367. The third kappa shape index (κ3) is 2.80. The number of methoxy groups -OCH3 is 1. The van der Waals surface area contributed by atoms with Crippen molar-refractivity contribution in [3.8, 4) is 11.5 Å². The summed E-state index contributed by atoms with van der Waals surface area (Å²) < 4.78 is 5.09. The Bertz CT molecular complexity index is 397. The number of aryl methyl sites for hydroxylation is 1. The van der Waals surface area contributed by atoms with Gasteiger partial charge >= 0.3 is 0 Å². The topological polar surface area (TPSA) is 55.5 Å². The van der Waals surface area contributed by atoms with Gasteiger partial charge in [0.05, 0.1) is 12.1 Å². The monoisotopic (exact) mass is 243 g/mol. The maximum Gasteiger partial charge on any atom is 0.162 e. The van der Waals surface area contributed by atoms with Crippen molar-refractivity contribution in [3.63, 3.8) is 0 Å².